The SMILES string of the molecule is OCCc1cc2c(o1)C1CCCC1C2. The summed E-state index contributed by atoms with van der Waals surface area (Å²) in [7, 11) is 0. The number of furan rings is 1. The molecule has 76 valence electrons. The van der Waals surface area contributed by atoms with Gasteiger partial charge in [0.1, 0.15) is 11.5 Å². The molecular weight excluding hydrogens is 176 g/mol. The Bertz CT molecular complexity index is 340. The molecule has 0 amide bonds. The van der Waals surface area contributed by atoms with Crippen molar-refractivity contribution in [3.63, 3.8) is 0 Å². The molecule has 1 aromatic heterocycles. The summed E-state index contributed by atoms with van der Waals surface area (Å²) in [5.41, 5.74) is 1.42. The van der Waals surface area contributed by atoms with E-state index in [4.69, 9.17) is 9.52 Å². The molecule has 1 N–H and O–H groups in total. The van der Waals surface area contributed by atoms with Gasteiger partial charge in [0.15, 0.2) is 0 Å². The van der Waals surface area contributed by atoms with Crippen molar-refractivity contribution in [2.24, 2.45) is 5.92 Å². The van der Waals surface area contributed by atoms with Crippen LogP contribution in [0.5, 0.6) is 0 Å². The second kappa shape index (κ2) is 3.13. The normalized spacial score (nSPS) is 29.2. The van der Waals surface area contributed by atoms with Crippen molar-refractivity contribution in [2.75, 3.05) is 6.61 Å². The Morgan fingerprint density at radius 3 is 3.21 bits per heavy atom. The fraction of sp³-hybridized carbons (Fsp3) is 0.667. The van der Waals surface area contributed by atoms with Crippen molar-refractivity contribution in [1.82, 2.24) is 0 Å². The average Bonchev–Trinajstić information content (AvgIpc) is 2.75. The zero-order valence-corrected chi connectivity index (χ0v) is 8.33. The minimum absolute atomic E-state index is 0.195. The number of rotatable bonds is 2. The van der Waals surface area contributed by atoms with Crippen LogP contribution in [0.3, 0.4) is 0 Å². The fourth-order valence-corrected chi connectivity index (χ4v) is 3.12. The second-order valence-corrected chi connectivity index (χ2v) is 4.58. The minimum atomic E-state index is 0.195. The molecule has 2 heteroatoms. The standard InChI is InChI=1S/C12H16O2/c13-5-4-10-7-9-6-8-2-1-3-11(8)12(9)14-10/h7-8,11,13H,1-6H2. The maximum Gasteiger partial charge on any atom is 0.110 e. The summed E-state index contributed by atoms with van der Waals surface area (Å²) in [5.74, 6) is 3.79. The van der Waals surface area contributed by atoms with Gasteiger partial charge in [0.05, 0.1) is 6.61 Å². The average molecular weight is 192 g/mol. The van der Waals surface area contributed by atoms with Crippen LogP contribution in [0.4, 0.5) is 0 Å². The monoisotopic (exact) mass is 192 g/mol. The lowest BCUT2D eigenvalue weighted by Gasteiger charge is -2.07. The summed E-state index contributed by atoms with van der Waals surface area (Å²) >= 11 is 0. The summed E-state index contributed by atoms with van der Waals surface area (Å²) < 4.78 is 5.82. The lowest BCUT2D eigenvalue weighted by Crippen LogP contribution is -1.98. The minimum Gasteiger partial charge on any atom is -0.465 e. The number of aliphatic hydroxyl groups is 1. The van der Waals surface area contributed by atoms with Gasteiger partial charge in [-0.3, -0.25) is 0 Å². The van der Waals surface area contributed by atoms with Gasteiger partial charge in [-0.2, -0.15) is 0 Å². The molecular formula is C12H16O2. The van der Waals surface area contributed by atoms with Crippen LogP contribution in [-0.2, 0) is 12.8 Å². The van der Waals surface area contributed by atoms with Crippen LogP contribution in [-0.4, -0.2) is 11.7 Å². The van der Waals surface area contributed by atoms with Crippen LogP contribution in [0, 0.1) is 5.92 Å². The molecule has 2 aliphatic rings. The van der Waals surface area contributed by atoms with E-state index in [1.165, 1.54) is 37.0 Å². The van der Waals surface area contributed by atoms with E-state index in [1.807, 2.05) is 0 Å². The van der Waals surface area contributed by atoms with Crippen molar-refractivity contribution >= 4 is 0 Å². The smallest absolute Gasteiger partial charge is 0.110 e. The number of hydrogen-bond donors (Lipinski definition) is 1. The van der Waals surface area contributed by atoms with Crippen molar-refractivity contribution in [2.45, 2.75) is 38.0 Å². The summed E-state index contributed by atoms with van der Waals surface area (Å²) in [6, 6.07) is 2.16. The molecule has 3 rings (SSSR count). The molecule has 0 radical (unpaired) electrons. The first-order valence-corrected chi connectivity index (χ1v) is 5.61. The second-order valence-electron chi connectivity index (χ2n) is 4.58. The molecule has 0 bridgehead atoms. The molecule has 2 aliphatic carbocycles. The van der Waals surface area contributed by atoms with Gasteiger partial charge in [-0.1, -0.05) is 6.42 Å². The Kier molecular flexibility index (Phi) is 1.91. The number of fused-ring (bicyclic) bond motifs is 3. The largest absolute Gasteiger partial charge is 0.465 e. The molecule has 2 nitrogen and oxygen atoms in total. The molecule has 1 saturated carbocycles. The van der Waals surface area contributed by atoms with E-state index in [0.717, 1.165) is 11.7 Å². The Morgan fingerprint density at radius 2 is 2.36 bits per heavy atom. The van der Waals surface area contributed by atoms with Gasteiger partial charge < -0.3 is 9.52 Å². The third kappa shape index (κ3) is 1.13. The number of aliphatic hydroxyl groups excluding tert-OH is 1. The lowest BCUT2D eigenvalue weighted by molar-refractivity contribution is 0.284. The third-order valence-corrected chi connectivity index (χ3v) is 3.73. The van der Waals surface area contributed by atoms with E-state index in [2.05, 4.69) is 6.07 Å². The quantitative estimate of drug-likeness (QED) is 0.779. The Labute approximate surface area is 83.9 Å². The summed E-state index contributed by atoms with van der Waals surface area (Å²) in [6.45, 7) is 0.195. The summed E-state index contributed by atoms with van der Waals surface area (Å²) in [5, 5.41) is 8.84. The summed E-state index contributed by atoms with van der Waals surface area (Å²) in [4.78, 5) is 0. The maximum atomic E-state index is 8.84. The van der Waals surface area contributed by atoms with Crippen molar-refractivity contribution < 1.29 is 9.52 Å². The van der Waals surface area contributed by atoms with E-state index in [1.54, 1.807) is 0 Å². The molecule has 2 unspecified atom stereocenters. The van der Waals surface area contributed by atoms with Gasteiger partial charge in [0, 0.05) is 12.3 Å². The van der Waals surface area contributed by atoms with Crippen LogP contribution in [0.1, 0.15) is 42.3 Å². The first-order valence-electron chi connectivity index (χ1n) is 5.61. The van der Waals surface area contributed by atoms with Crippen molar-refractivity contribution in [1.29, 1.82) is 0 Å². The van der Waals surface area contributed by atoms with E-state index < -0.39 is 0 Å². The van der Waals surface area contributed by atoms with E-state index >= 15 is 0 Å². The highest BCUT2D eigenvalue weighted by Gasteiger charge is 2.38. The van der Waals surface area contributed by atoms with Gasteiger partial charge in [0.2, 0.25) is 0 Å². The van der Waals surface area contributed by atoms with Gasteiger partial charge in [-0.25, -0.2) is 0 Å². The Balaban J connectivity index is 1.90. The molecule has 0 aliphatic heterocycles. The fourth-order valence-electron chi connectivity index (χ4n) is 3.12. The first kappa shape index (κ1) is 8.54. The molecule has 1 aromatic rings. The lowest BCUT2D eigenvalue weighted by atomic mass is 10.00. The van der Waals surface area contributed by atoms with E-state index in [-0.39, 0.29) is 6.61 Å². The Morgan fingerprint density at radius 1 is 1.43 bits per heavy atom. The van der Waals surface area contributed by atoms with Gasteiger partial charge >= 0.3 is 0 Å². The molecule has 14 heavy (non-hydrogen) atoms. The maximum absolute atomic E-state index is 8.84. The molecule has 1 fully saturated rings. The molecule has 0 spiro atoms. The zero-order chi connectivity index (χ0) is 9.54. The van der Waals surface area contributed by atoms with Crippen LogP contribution in [0.25, 0.3) is 0 Å². The van der Waals surface area contributed by atoms with E-state index in [0.29, 0.717) is 12.3 Å². The highest BCUT2D eigenvalue weighted by molar-refractivity contribution is 5.32. The summed E-state index contributed by atoms with van der Waals surface area (Å²) in [6.07, 6.45) is 5.94. The van der Waals surface area contributed by atoms with Crippen LogP contribution >= 0.6 is 0 Å². The van der Waals surface area contributed by atoms with Crippen LogP contribution in [0.15, 0.2) is 10.5 Å². The number of hydrogen-bond acceptors (Lipinski definition) is 2. The third-order valence-electron chi connectivity index (χ3n) is 3.73. The topological polar surface area (TPSA) is 33.4 Å². The predicted molar refractivity (Wildman–Crippen MR) is 53.3 cm³/mol. The molecule has 0 saturated heterocycles. The van der Waals surface area contributed by atoms with Gasteiger partial charge in [-0.15, -0.1) is 0 Å². The van der Waals surface area contributed by atoms with Crippen LogP contribution in [0.2, 0.25) is 0 Å². The Hall–Kier alpha value is -0.760. The first-order chi connectivity index (χ1) is 6.88. The molecule has 0 aromatic carbocycles. The van der Waals surface area contributed by atoms with Crippen molar-refractivity contribution in [3.05, 3.63) is 23.2 Å². The molecule has 2 atom stereocenters. The highest BCUT2D eigenvalue weighted by atomic mass is 16.3. The molecule has 1 heterocycles. The zero-order valence-electron chi connectivity index (χ0n) is 8.33. The predicted octanol–water partition coefficient (Wildman–Crippen LogP) is 2.25. The highest BCUT2D eigenvalue weighted by Crippen LogP contribution is 2.49. The van der Waals surface area contributed by atoms with Crippen molar-refractivity contribution in [3.8, 4) is 0 Å². The van der Waals surface area contributed by atoms with Gasteiger partial charge in [0.25, 0.3) is 0 Å². The van der Waals surface area contributed by atoms with E-state index in [9.17, 15) is 0 Å². The van der Waals surface area contributed by atoms with Gasteiger partial charge in [-0.05, 0) is 36.8 Å². The van der Waals surface area contributed by atoms with Crippen LogP contribution < -0.4 is 0 Å².